The van der Waals surface area contributed by atoms with Gasteiger partial charge >= 0.3 is 0 Å². The van der Waals surface area contributed by atoms with Crippen LogP contribution in [0.15, 0.2) is 0 Å². The van der Waals surface area contributed by atoms with E-state index in [9.17, 15) is 17.2 Å². The molecule has 6 nitrogen and oxygen atoms in total. The van der Waals surface area contributed by atoms with Gasteiger partial charge in [0.05, 0.1) is 11.4 Å². The van der Waals surface area contributed by atoms with Crippen LogP contribution in [0, 0.1) is 0 Å². The van der Waals surface area contributed by atoms with Crippen molar-refractivity contribution in [2.45, 2.75) is 0 Å². The summed E-state index contributed by atoms with van der Waals surface area (Å²) in [6.07, 6.45) is 0. The van der Waals surface area contributed by atoms with Gasteiger partial charge in [-0.1, -0.05) is 0 Å². The summed E-state index contributed by atoms with van der Waals surface area (Å²) in [5.41, 5.74) is 0. The Morgan fingerprint density at radius 1 is 1.67 bits per heavy atom. The van der Waals surface area contributed by atoms with E-state index in [1.54, 1.807) is 0 Å². The topological polar surface area (TPSA) is 110 Å². The van der Waals surface area contributed by atoms with Gasteiger partial charge in [-0.25, -0.2) is 17.8 Å². The van der Waals surface area contributed by atoms with Crippen molar-refractivity contribution in [3.8, 4) is 0 Å². The molecule has 0 saturated heterocycles. The van der Waals surface area contributed by atoms with Crippen molar-refractivity contribution in [1.29, 1.82) is 0 Å². The Morgan fingerprint density at radius 3 is 2.22 bits per heavy atom. The third-order valence-electron chi connectivity index (χ3n) is 0.309. The molecular weight excluding hydrogens is 170 g/mol. The highest BCUT2D eigenvalue weighted by Crippen LogP contribution is 1.82. The van der Waals surface area contributed by atoms with E-state index < -0.39 is 27.3 Å². The summed E-state index contributed by atoms with van der Waals surface area (Å²) in [6, 6.07) is 0. The molecule has 0 aliphatic carbocycles. The fourth-order valence-electron chi connectivity index (χ4n) is 0.106. The second kappa shape index (κ2) is 3.22. The van der Waals surface area contributed by atoms with Gasteiger partial charge in [0.1, 0.15) is 0 Å². The number of rotatable bonds is 3. The lowest BCUT2D eigenvalue weighted by atomic mass is 11.7. The van der Waals surface area contributed by atoms with Crippen LogP contribution in [0.5, 0.6) is 0 Å². The first kappa shape index (κ1) is 8.98. The molecule has 0 rings (SSSR count). The predicted octanol–water partition coefficient (Wildman–Crippen LogP) is -1.96. The number of hydrogen-bond acceptors (Lipinski definition) is 5. The Morgan fingerprint density at radius 2 is 2.11 bits per heavy atom. The van der Waals surface area contributed by atoms with Crippen molar-refractivity contribution in [3.05, 3.63) is 0 Å². The van der Waals surface area contributed by atoms with Crippen LogP contribution in [-0.4, -0.2) is 23.1 Å². The van der Waals surface area contributed by atoms with Crippen LogP contribution >= 0.6 is 0 Å². The predicted molar refractivity (Wildman–Crippen MR) is 28.0 cm³/mol. The summed E-state index contributed by atoms with van der Waals surface area (Å²) in [6.45, 7) is 0. The summed E-state index contributed by atoms with van der Waals surface area (Å²) >= 11 is -2.82. The summed E-state index contributed by atoms with van der Waals surface area (Å²) < 4.78 is 42.4. The van der Waals surface area contributed by atoms with Crippen molar-refractivity contribution < 1.29 is 21.4 Å². The van der Waals surface area contributed by atoms with Gasteiger partial charge < -0.3 is 4.55 Å². The smallest absolute Gasteiger partial charge is 0.234 e. The van der Waals surface area contributed by atoms with E-state index in [2.05, 4.69) is 9.32 Å². The summed E-state index contributed by atoms with van der Waals surface area (Å²) in [5.74, 6) is -1.01. The molecule has 0 saturated carbocycles. The van der Waals surface area contributed by atoms with E-state index >= 15 is 0 Å². The average Bonchev–Trinajstić information content (AvgIpc) is 1.59. The van der Waals surface area contributed by atoms with Gasteiger partial charge in [0.15, 0.2) is 5.94 Å². The van der Waals surface area contributed by atoms with Crippen LogP contribution in [-0.2, 0) is 25.6 Å². The van der Waals surface area contributed by atoms with Crippen LogP contribution < -0.4 is 5.14 Å². The Bertz CT molecular complexity index is 193. The lowest BCUT2D eigenvalue weighted by molar-refractivity contribution is 0.344. The number of hydrogen-bond donors (Lipinski definition) is 1. The molecule has 8 heteroatoms. The maximum atomic E-state index is 9.92. The molecule has 0 aromatic carbocycles. The fourth-order valence-corrected chi connectivity index (χ4v) is 0.957. The third-order valence-corrected chi connectivity index (χ3v) is 1.21. The van der Waals surface area contributed by atoms with Gasteiger partial charge in [-0.15, -0.1) is 0 Å². The third kappa shape index (κ3) is 7.98. The average molecular weight is 174 g/mol. The molecule has 0 aromatic heterocycles. The van der Waals surface area contributed by atoms with Gasteiger partial charge in [-0.2, -0.15) is 0 Å². The molecule has 2 N–H and O–H groups in total. The van der Waals surface area contributed by atoms with Crippen molar-refractivity contribution >= 4 is 21.4 Å². The largest absolute Gasteiger partial charge is 0.750 e. The zero-order valence-corrected chi connectivity index (χ0v) is 5.78. The van der Waals surface area contributed by atoms with Crippen LogP contribution in [0.25, 0.3) is 0 Å². The molecule has 56 valence electrons. The minimum absolute atomic E-state index is 1.01. The molecule has 0 aromatic rings. The van der Waals surface area contributed by atoms with E-state index in [1.165, 1.54) is 0 Å². The molecule has 1 atom stereocenters. The molecule has 1 unspecified atom stereocenters. The molecule has 0 fully saturated rings. The summed E-state index contributed by atoms with van der Waals surface area (Å²) in [5, 5.41) is 4.36. The van der Waals surface area contributed by atoms with Gasteiger partial charge in [0.25, 0.3) is 0 Å². The normalized spacial score (nSPS) is 15.3. The zero-order valence-electron chi connectivity index (χ0n) is 4.14. The lowest BCUT2D eigenvalue weighted by Gasteiger charge is -2.01. The molecule has 0 aliphatic rings. The van der Waals surface area contributed by atoms with Crippen LogP contribution in [0.3, 0.4) is 0 Å². The maximum absolute atomic E-state index is 9.92. The highest BCUT2D eigenvalue weighted by Gasteiger charge is 2.00. The molecule has 0 spiro atoms. The molecular formula is CH4NO5S2-. The fraction of sp³-hybridized carbons (Fsp3) is 1.00. The molecule has 0 heterocycles. The molecule has 9 heavy (non-hydrogen) atoms. The van der Waals surface area contributed by atoms with Crippen LogP contribution in [0.2, 0.25) is 0 Å². The highest BCUT2D eigenvalue weighted by molar-refractivity contribution is 7.89. The minimum Gasteiger partial charge on any atom is -0.750 e. The molecule has 0 amide bonds. The van der Waals surface area contributed by atoms with E-state index in [-0.39, 0.29) is 0 Å². The summed E-state index contributed by atoms with van der Waals surface area (Å²) in [4.78, 5) is 0. The molecule has 0 aliphatic heterocycles. The van der Waals surface area contributed by atoms with Crippen molar-refractivity contribution in [3.63, 3.8) is 0 Å². The van der Waals surface area contributed by atoms with Gasteiger partial charge in [0.2, 0.25) is 10.0 Å². The first-order valence-electron chi connectivity index (χ1n) is 1.65. The van der Waals surface area contributed by atoms with Crippen LogP contribution in [0.1, 0.15) is 0 Å². The zero-order chi connectivity index (χ0) is 7.49. The second-order valence-corrected chi connectivity index (χ2v) is 3.31. The van der Waals surface area contributed by atoms with Crippen LogP contribution in [0.4, 0.5) is 0 Å². The van der Waals surface area contributed by atoms with E-state index in [4.69, 9.17) is 0 Å². The Kier molecular flexibility index (Phi) is 3.22. The monoisotopic (exact) mass is 174 g/mol. The van der Waals surface area contributed by atoms with Gasteiger partial charge in [0, 0.05) is 0 Å². The number of nitrogens with two attached hydrogens (primary N) is 1. The standard InChI is InChI=1S/CH5NO5S2/c2-9(5,6)1-7-8(3)4/h1H2,(H,3,4)(H2,2,5,6)/p-1. The minimum atomic E-state index is -3.83. The maximum Gasteiger partial charge on any atom is 0.234 e. The molecule has 0 radical (unpaired) electrons. The lowest BCUT2D eigenvalue weighted by Crippen LogP contribution is -2.19. The van der Waals surface area contributed by atoms with Gasteiger partial charge in [-0.3, -0.25) is 4.18 Å². The first-order chi connectivity index (χ1) is 3.92. The number of sulfonamides is 1. The van der Waals surface area contributed by atoms with E-state index in [0.29, 0.717) is 0 Å². The SMILES string of the molecule is NS(=O)(=O)COS(=O)[O-]. The van der Waals surface area contributed by atoms with Crippen molar-refractivity contribution in [2.75, 3.05) is 5.94 Å². The summed E-state index contributed by atoms with van der Waals surface area (Å²) in [7, 11) is -3.83. The van der Waals surface area contributed by atoms with E-state index in [0.717, 1.165) is 0 Å². The highest BCUT2D eigenvalue weighted by atomic mass is 32.2. The van der Waals surface area contributed by atoms with Gasteiger partial charge in [-0.05, 0) is 0 Å². The Balaban J connectivity index is 3.67. The number of primary sulfonamides is 1. The van der Waals surface area contributed by atoms with E-state index in [1.807, 2.05) is 0 Å². The first-order valence-corrected chi connectivity index (χ1v) is 4.36. The quantitative estimate of drug-likeness (QED) is 0.500. The molecule has 0 bridgehead atoms. The Labute approximate surface area is 54.5 Å². The van der Waals surface area contributed by atoms with Crippen molar-refractivity contribution in [1.82, 2.24) is 0 Å². The van der Waals surface area contributed by atoms with Crippen molar-refractivity contribution in [2.24, 2.45) is 5.14 Å². The second-order valence-electron chi connectivity index (χ2n) is 1.10. The Hall–Kier alpha value is -0.0200.